The second kappa shape index (κ2) is 7.06. The molecule has 0 bridgehead atoms. The van der Waals surface area contributed by atoms with Crippen molar-refractivity contribution < 1.29 is 9.72 Å². The van der Waals surface area contributed by atoms with Crippen LogP contribution < -0.4 is 5.32 Å². The molecule has 1 amide bonds. The third kappa shape index (κ3) is 4.31. The van der Waals surface area contributed by atoms with Gasteiger partial charge in [-0.1, -0.05) is 35.3 Å². The molecule has 2 aromatic carbocycles. The maximum atomic E-state index is 11.8. The molecular formula is C15H10Cl2N2O3. The summed E-state index contributed by atoms with van der Waals surface area (Å²) in [5, 5.41) is 14.0. The quantitative estimate of drug-likeness (QED) is 0.505. The van der Waals surface area contributed by atoms with E-state index in [0.717, 1.165) is 0 Å². The minimum Gasteiger partial charge on any atom is -0.322 e. The molecule has 0 aliphatic carbocycles. The Morgan fingerprint density at radius 1 is 1.14 bits per heavy atom. The molecule has 0 atom stereocenters. The average molecular weight is 337 g/mol. The zero-order chi connectivity index (χ0) is 16.1. The number of amides is 1. The first-order valence-electron chi connectivity index (χ1n) is 6.14. The molecule has 112 valence electrons. The van der Waals surface area contributed by atoms with Gasteiger partial charge in [-0.25, -0.2) is 0 Å². The van der Waals surface area contributed by atoms with Crippen molar-refractivity contribution in [1.29, 1.82) is 0 Å². The number of halogens is 2. The molecule has 0 saturated carbocycles. The van der Waals surface area contributed by atoms with E-state index in [4.69, 9.17) is 23.2 Å². The highest BCUT2D eigenvalue weighted by molar-refractivity contribution is 6.42. The van der Waals surface area contributed by atoms with E-state index < -0.39 is 4.92 Å². The van der Waals surface area contributed by atoms with Crippen molar-refractivity contribution in [3.63, 3.8) is 0 Å². The molecule has 0 aliphatic heterocycles. The van der Waals surface area contributed by atoms with Crippen molar-refractivity contribution in [3.8, 4) is 0 Å². The lowest BCUT2D eigenvalue weighted by molar-refractivity contribution is -0.384. The molecule has 2 aromatic rings. The van der Waals surface area contributed by atoms with E-state index in [1.165, 1.54) is 30.4 Å². The van der Waals surface area contributed by atoms with Crippen molar-refractivity contribution in [3.05, 3.63) is 74.3 Å². The number of nitro groups is 1. The summed E-state index contributed by atoms with van der Waals surface area (Å²) in [7, 11) is 0. The summed E-state index contributed by atoms with van der Waals surface area (Å²) in [4.78, 5) is 22.0. The SMILES string of the molecule is O=C(C=Cc1cccc([N+](=O)[O-])c1)Nc1ccc(Cl)c(Cl)c1. The standard InChI is InChI=1S/C15H10Cl2N2O3/c16-13-6-5-11(9-14(13)17)18-15(20)7-4-10-2-1-3-12(8-10)19(21)22/h1-9H,(H,18,20). The number of carbonyl (C=O) groups is 1. The number of non-ortho nitro benzene ring substituents is 1. The van der Waals surface area contributed by atoms with Gasteiger partial charge in [0.1, 0.15) is 0 Å². The van der Waals surface area contributed by atoms with E-state index in [9.17, 15) is 14.9 Å². The molecule has 0 spiro atoms. The van der Waals surface area contributed by atoms with Gasteiger partial charge in [0.05, 0.1) is 15.0 Å². The van der Waals surface area contributed by atoms with Crippen LogP contribution in [-0.2, 0) is 4.79 Å². The Morgan fingerprint density at radius 2 is 1.91 bits per heavy atom. The number of hydrogen-bond acceptors (Lipinski definition) is 3. The number of benzene rings is 2. The number of carbonyl (C=O) groups excluding carboxylic acids is 1. The van der Waals surface area contributed by atoms with Gasteiger partial charge in [-0.2, -0.15) is 0 Å². The Bertz CT molecular complexity index is 760. The van der Waals surface area contributed by atoms with Gasteiger partial charge in [0, 0.05) is 23.9 Å². The summed E-state index contributed by atoms with van der Waals surface area (Å²) < 4.78 is 0. The van der Waals surface area contributed by atoms with Crippen LogP contribution in [-0.4, -0.2) is 10.8 Å². The predicted molar refractivity (Wildman–Crippen MR) is 87.2 cm³/mol. The summed E-state index contributed by atoms with van der Waals surface area (Å²) >= 11 is 11.6. The second-order valence-corrected chi connectivity index (χ2v) is 5.12. The van der Waals surface area contributed by atoms with Gasteiger partial charge in [-0.3, -0.25) is 14.9 Å². The zero-order valence-corrected chi connectivity index (χ0v) is 12.6. The van der Waals surface area contributed by atoms with Crippen LogP contribution in [0.3, 0.4) is 0 Å². The highest BCUT2D eigenvalue weighted by Crippen LogP contribution is 2.25. The Kier molecular flexibility index (Phi) is 5.14. The Hall–Kier alpha value is -2.37. The number of nitrogens with one attached hydrogen (secondary N) is 1. The van der Waals surface area contributed by atoms with Crippen LogP contribution in [0.5, 0.6) is 0 Å². The lowest BCUT2D eigenvalue weighted by atomic mass is 10.2. The molecule has 5 nitrogen and oxygen atoms in total. The van der Waals surface area contributed by atoms with Gasteiger partial charge < -0.3 is 5.32 Å². The first-order valence-corrected chi connectivity index (χ1v) is 6.90. The minimum atomic E-state index is -0.493. The molecule has 0 saturated heterocycles. The van der Waals surface area contributed by atoms with Crippen LogP contribution in [0.1, 0.15) is 5.56 Å². The zero-order valence-electron chi connectivity index (χ0n) is 11.1. The van der Waals surface area contributed by atoms with Crippen LogP contribution >= 0.6 is 23.2 Å². The maximum absolute atomic E-state index is 11.8. The lowest BCUT2D eigenvalue weighted by Gasteiger charge is -2.03. The second-order valence-electron chi connectivity index (χ2n) is 4.30. The van der Waals surface area contributed by atoms with E-state index in [0.29, 0.717) is 21.3 Å². The van der Waals surface area contributed by atoms with E-state index in [1.807, 2.05) is 0 Å². The van der Waals surface area contributed by atoms with Crippen molar-refractivity contribution in [1.82, 2.24) is 0 Å². The predicted octanol–water partition coefficient (Wildman–Crippen LogP) is 4.55. The van der Waals surface area contributed by atoms with Gasteiger partial charge >= 0.3 is 0 Å². The van der Waals surface area contributed by atoms with Crippen molar-refractivity contribution in [2.75, 3.05) is 5.32 Å². The fraction of sp³-hybridized carbons (Fsp3) is 0. The van der Waals surface area contributed by atoms with Gasteiger partial charge in [0.2, 0.25) is 5.91 Å². The monoisotopic (exact) mass is 336 g/mol. The van der Waals surface area contributed by atoms with E-state index >= 15 is 0 Å². The normalized spacial score (nSPS) is 10.6. The van der Waals surface area contributed by atoms with E-state index in [2.05, 4.69) is 5.32 Å². The topological polar surface area (TPSA) is 72.2 Å². The van der Waals surface area contributed by atoms with Crippen LogP contribution in [0.4, 0.5) is 11.4 Å². The smallest absolute Gasteiger partial charge is 0.270 e. The maximum Gasteiger partial charge on any atom is 0.270 e. The van der Waals surface area contributed by atoms with Crippen molar-refractivity contribution in [2.45, 2.75) is 0 Å². The van der Waals surface area contributed by atoms with Gasteiger partial charge in [-0.15, -0.1) is 0 Å². The summed E-state index contributed by atoms with van der Waals surface area (Å²) in [6, 6.07) is 10.7. The molecule has 0 aromatic heterocycles. The third-order valence-electron chi connectivity index (χ3n) is 2.70. The van der Waals surface area contributed by atoms with Crippen molar-refractivity contribution in [2.24, 2.45) is 0 Å². The summed E-state index contributed by atoms with van der Waals surface area (Å²) in [5.74, 6) is -0.384. The number of hydrogen-bond donors (Lipinski definition) is 1. The molecule has 0 radical (unpaired) electrons. The number of rotatable bonds is 4. The largest absolute Gasteiger partial charge is 0.322 e. The molecule has 1 N–H and O–H groups in total. The first-order chi connectivity index (χ1) is 10.5. The first kappa shape index (κ1) is 16.0. The molecule has 22 heavy (non-hydrogen) atoms. The van der Waals surface area contributed by atoms with Crippen LogP contribution in [0.25, 0.3) is 6.08 Å². The minimum absolute atomic E-state index is 0.0351. The fourth-order valence-electron chi connectivity index (χ4n) is 1.67. The molecule has 0 aliphatic rings. The Balaban J connectivity index is 2.06. The van der Waals surface area contributed by atoms with Gasteiger partial charge in [0.25, 0.3) is 5.69 Å². The molecule has 0 fully saturated rings. The molecule has 7 heteroatoms. The molecular weight excluding hydrogens is 327 g/mol. The number of nitrogens with zero attached hydrogens (tertiary/aromatic N) is 1. The van der Waals surface area contributed by atoms with E-state index in [-0.39, 0.29) is 11.6 Å². The highest BCUT2D eigenvalue weighted by Gasteiger charge is 2.05. The number of anilines is 1. The van der Waals surface area contributed by atoms with Gasteiger partial charge in [-0.05, 0) is 29.8 Å². The molecule has 2 rings (SSSR count). The van der Waals surface area contributed by atoms with Gasteiger partial charge in [0.15, 0.2) is 0 Å². The Morgan fingerprint density at radius 3 is 2.59 bits per heavy atom. The summed E-state index contributed by atoms with van der Waals surface area (Å²) in [6.45, 7) is 0. The molecule has 0 unspecified atom stereocenters. The molecule has 0 heterocycles. The van der Waals surface area contributed by atoms with Crippen LogP contribution in [0.15, 0.2) is 48.5 Å². The lowest BCUT2D eigenvalue weighted by Crippen LogP contribution is -2.07. The number of nitro benzene ring substituents is 1. The fourth-order valence-corrected chi connectivity index (χ4v) is 1.97. The van der Waals surface area contributed by atoms with Crippen molar-refractivity contribution >= 4 is 46.6 Å². The van der Waals surface area contributed by atoms with E-state index in [1.54, 1.807) is 24.3 Å². The summed E-state index contributed by atoms with van der Waals surface area (Å²) in [5.41, 5.74) is 1.02. The summed E-state index contributed by atoms with van der Waals surface area (Å²) in [6.07, 6.45) is 2.77. The van der Waals surface area contributed by atoms with Crippen LogP contribution in [0.2, 0.25) is 10.0 Å². The Labute approximate surface area is 136 Å². The average Bonchev–Trinajstić information content (AvgIpc) is 2.49. The highest BCUT2D eigenvalue weighted by atomic mass is 35.5. The third-order valence-corrected chi connectivity index (χ3v) is 3.43. The van der Waals surface area contributed by atoms with Crippen LogP contribution in [0, 0.1) is 10.1 Å².